The molecule has 3 aromatic rings. The van der Waals surface area contributed by atoms with Crippen LogP contribution in [0.25, 0.3) is 0 Å². The highest BCUT2D eigenvalue weighted by atomic mass is 32.2. The van der Waals surface area contributed by atoms with E-state index < -0.39 is 22.2 Å². The summed E-state index contributed by atoms with van der Waals surface area (Å²) in [4.78, 5) is 28.2. The Morgan fingerprint density at radius 1 is 1.07 bits per heavy atom. The van der Waals surface area contributed by atoms with E-state index in [4.69, 9.17) is 9.90 Å². The number of alkyl halides is 3. The standard InChI is InChI=1S/C25H29N5O3S.C2HF3O2/c1-18-5-6-19(2)24(14-18)34(32,33)29-22-15-21(7-8-23(22)30-12-10-26-11-13-30)25(31)28-17-20-4-3-9-27-16-20;3-2(4,5)1(6)7/h3-9,14-16,26,29H,10-13,17H2,1-2H3,(H,28,31);(H,6,7). The fraction of sp³-hybridized carbons (Fsp3) is 0.296. The quantitative estimate of drug-likeness (QED) is 0.327. The number of aliphatic carboxylic acids is 1. The van der Waals surface area contributed by atoms with Crippen molar-refractivity contribution in [1.82, 2.24) is 15.6 Å². The largest absolute Gasteiger partial charge is 0.490 e. The predicted octanol–water partition coefficient (Wildman–Crippen LogP) is 3.47. The molecule has 220 valence electrons. The Hall–Kier alpha value is -4.17. The van der Waals surface area contributed by atoms with Crippen molar-refractivity contribution in [1.29, 1.82) is 0 Å². The SMILES string of the molecule is Cc1ccc(C)c(S(=O)(=O)Nc2cc(C(=O)NCc3cccnc3)ccc2N2CCNCC2)c1.O=C(O)C(F)(F)F. The Kier molecular flexibility index (Phi) is 10.3. The minimum absolute atomic E-state index is 0.227. The normalized spacial score (nSPS) is 13.5. The van der Waals surface area contributed by atoms with Crippen molar-refractivity contribution in [3.63, 3.8) is 0 Å². The Morgan fingerprint density at radius 2 is 1.76 bits per heavy atom. The van der Waals surface area contributed by atoms with Gasteiger partial charge in [0.05, 0.1) is 16.3 Å². The van der Waals surface area contributed by atoms with E-state index in [-0.39, 0.29) is 10.8 Å². The van der Waals surface area contributed by atoms with E-state index in [2.05, 4.69) is 25.2 Å². The monoisotopic (exact) mass is 593 g/mol. The molecule has 0 unspecified atom stereocenters. The van der Waals surface area contributed by atoms with Gasteiger partial charge in [-0.1, -0.05) is 18.2 Å². The fourth-order valence-corrected chi connectivity index (χ4v) is 5.32. The van der Waals surface area contributed by atoms with Gasteiger partial charge in [0.15, 0.2) is 0 Å². The summed E-state index contributed by atoms with van der Waals surface area (Å²) in [5.41, 5.74) is 3.91. The van der Waals surface area contributed by atoms with Gasteiger partial charge in [-0.15, -0.1) is 0 Å². The highest BCUT2D eigenvalue weighted by molar-refractivity contribution is 7.92. The average molecular weight is 594 g/mol. The number of hydrogen-bond acceptors (Lipinski definition) is 7. The van der Waals surface area contributed by atoms with Crippen molar-refractivity contribution in [2.45, 2.75) is 31.5 Å². The van der Waals surface area contributed by atoms with Crippen molar-refractivity contribution in [2.24, 2.45) is 0 Å². The average Bonchev–Trinajstić information content (AvgIpc) is 2.93. The van der Waals surface area contributed by atoms with E-state index in [9.17, 15) is 26.4 Å². The summed E-state index contributed by atoms with van der Waals surface area (Å²) in [6, 6.07) is 14.2. The number of nitrogens with one attached hydrogen (secondary N) is 3. The number of hydrogen-bond donors (Lipinski definition) is 4. The molecule has 0 aliphatic carbocycles. The van der Waals surface area contributed by atoms with Gasteiger partial charge in [-0.05, 0) is 60.9 Å². The third kappa shape index (κ3) is 8.91. The van der Waals surface area contributed by atoms with Gasteiger partial charge >= 0.3 is 12.1 Å². The minimum atomic E-state index is -5.08. The number of halogens is 3. The highest BCUT2D eigenvalue weighted by Crippen LogP contribution is 2.31. The van der Waals surface area contributed by atoms with Gasteiger partial charge in [0.2, 0.25) is 0 Å². The Balaban J connectivity index is 0.000000587. The van der Waals surface area contributed by atoms with Crippen LogP contribution in [0.4, 0.5) is 24.5 Å². The summed E-state index contributed by atoms with van der Waals surface area (Å²) in [6.07, 6.45) is -1.72. The van der Waals surface area contributed by atoms with Gasteiger partial charge in [0.25, 0.3) is 15.9 Å². The van der Waals surface area contributed by atoms with E-state index in [0.29, 0.717) is 23.4 Å². The molecule has 10 nitrogen and oxygen atoms in total. The van der Waals surface area contributed by atoms with Crippen LogP contribution in [0.1, 0.15) is 27.0 Å². The second-order valence-electron chi connectivity index (χ2n) is 9.19. The molecule has 0 atom stereocenters. The number of pyridine rings is 1. The molecule has 1 aromatic heterocycles. The first-order chi connectivity index (χ1) is 19.3. The van der Waals surface area contributed by atoms with E-state index in [1.54, 1.807) is 43.6 Å². The summed E-state index contributed by atoms with van der Waals surface area (Å²) in [5.74, 6) is -3.05. The highest BCUT2D eigenvalue weighted by Gasteiger charge is 2.38. The zero-order valence-corrected chi connectivity index (χ0v) is 23.1. The van der Waals surface area contributed by atoms with Crippen LogP contribution in [0.3, 0.4) is 0 Å². The number of carboxylic acids is 1. The predicted molar refractivity (Wildman–Crippen MR) is 147 cm³/mol. The number of aromatic nitrogens is 1. The summed E-state index contributed by atoms with van der Waals surface area (Å²) in [7, 11) is -3.86. The lowest BCUT2D eigenvalue weighted by atomic mass is 10.1. The number of anilines is 2. The number of benzene rings is 2. The zero-order chi connectivity index (χ0) is 30.2. The lowest BCUT2D eigenvalue weighted by molar-refractivity contribution is -0.192. The maximum atomic E-state index is 13.4. The molecule has 0 saturated carbocycles. The zero-order valence-electron chi connectivity index (χ0n) is 22.3. The number of carboxylic acid groups (broad SMARTS) is 1. The number of nitrogens with zero attached hydrogens (tertiary/aromatic N) is 2. The van der Waals surface area contributed by atoms with Crippen LogP contribution in [0.2, 0.25) is 0 Å². The minimum Gasteiger partial charge on any atom is -0.475 e. The number of aryl methyl sites for hydroxylation is 2. The smallest absolute Gasteiger partial charge is 0.475 e. The molecule has 1 aliphatic heterocycles. The third-order valence-corrected chi connectivity index (χ3v) is 7.52. The summed E-state index contributed by atoms with van der Waals surface area (Å²) in [6.45, 7) is 7.05. The van der Waals surface area contributed by atoms with Gasteiger partial charge in [-0.25, -0.2) is 13.2 Å². The molecule has 1 fully saturated rings. The Bertz CT molecular complexity index is 1480. The maximum Gasteiger partial charge on any atom is 0.490 e. The summed E-state index contributed by atoms with van der Waals surface area (Å²) < 4.78 is 61.2. The van der Waals surface area contributed by atoms with E-state index in [1.165, 1.54) is 0 Å². The number of sulfonamides is 1. The van der Waals surface area contributed by atoms with Crippen molar-refractivity contribution in [2.75, 3.05) is 35.8 Å². The van der Waals surface area contributed by atoms with Gasteiger partial charge in [-0.3, -0.25) is 14.5 Å². The molecular weight excluding hydrogens is 563 g/mol. The molecule has 14 heteroatoms. The molecule has 41 heavy (non-hydrogen) atoms. The lowest BCUT2D eigenvalue weighted by Gasteiger charge is -2.31. The molecule has 0 bridgehead atoms. The first-order valence-corrected chi connectivity index (χ1v) is 13.9. The summed E-state index contributed by atoms with van der Waals surface area (Å²) in [5, 5.41) is 13.3. The van der Waals surface area contributed by atoms with Gasteiger partial charge in [0.1, 0.15) is 0 Å². The number of rotatable bonds is 7. The molecule has 1 aliphatic rings. The molecule has 1 amide bonds. The van der Waals surface area contributed by atoms with Gasteiger partial charge in [-0.2, -0.15) is 13.2 Å². The van der Waals surface area contributed by atoms with Crippen LogP contribution in [-0.4, -0.2) is 62.7 Å². The Labute approximate surface area is 235 Å². The van der Waals surface area contributed by atoms with Crippen molar-refractivity contribution < 1.29 is 36.3 Å². The second kappa shape index (κ2) is 13.5. The van der Waals surface area contributed by atoms with E-state index in [1.807, 2.05) is 31.2 Å². The third-order valence-electron chi connectivity index (χ3n) is 6.01. The second-order valence-corrected chi connectivity index (χ2v) is 10.8. The molecular formula is C27H30F3N5O5S. The van der Waals surface area contributed by atoms with Crippen LogP contribution in [0.15, 0.2) is 65.8 Å². The molecule has 0 spiro atoms. The molecule has 1 saturated heterocycles. The number of carbonyl (C=O) groups is 2. The molecule has 2 aromatic carbocycles. The molecule has 0 radical (unpaired) electrons. The number of amides is 1. The van der Waals surface area contributed by atoms with Gasteiger partial charge < -0.3 is 20.6 Å². The first kappa shape index (κ1) is 31.4. The van der Waals surface area contributed by atoms with Crippen molar-refractivity contribution in [3.8, 4) is 0 Å². The van der Waals surface area contributed by atoms with E-state index in [0.717, 1.165) is 43.0 Å². The van der Waals surface area contributed by atoms with Crippen LogP contribution < -0.4 is 20.3 Å². The topological polar surface area (TPSA) is 141 Å². The van der Waals surface area contributed by atoms with E-state index >= 15 is 0 Å². The van der Waals surface area contributed by atoms with Crippen LogP contribution in [-0.2, 0) is 21.4 Å². The molecule has 4 rings (SSSR count). The number of piperazine rings is 1. The maximum absolute atomic E-state index is 13.4. The summed E-state index contributed by atoms with van der Waals surface area (Å²) >= 11 is 0. The van der Waals surface area contributed by atoms with Crippen LogP contribution in [0.5, 0.6) is 0 Å². The van der Waals surface area contributed by atoms with Crippen LogP contribution >= 0.6 is 0 Å². The molecule has 2 heterocycles. The lowest BCUT2D eigenvalue weighted by Crippen LogP contribution is -2.43. The Morgan fingerprint density at radius 3 is 2.37 bits per heavy atom. The molecule has 4 N–H and O–H groups in total. The first-order valence-electron chi connectivity index (χ1n) is 12.4. The van der Waals surface area contributed by atoms with Gasteiger partial charge in [0, 0.05) is 50.7 Å². The van der Waals surface area contributed by atoms with Crippen LogP contribution in [0, 0.1) is 13.8 Å². The fourth-order valence-electron chi connectivity index (χ4n) is 3.92. The van der Waals surface area contributed by atoms with Crippen molar-refractivity contribution >= 4 is 33.3 Å². The number of carbonyl (C=O) groups excluding carboxylic acids is 1. The van der Waals surface area contributed by atoms with Crippen molar-refractivity contribution in [3.05, 3.63) is 83.2 Å².